The van der Waals surface area contributed by atoms with Gasteiger partial charge in [-0.05, 0) is 39.8 Å². The lowest BCUT2D eigenvalue weighted by molar-refractivity contribution is -0.384. The van der Waals surface area contributed by atoms with E-state index in [-0.39, 0.29) is 23.9 Å². The second kappa shape index (κ2) is 8.17. The van der Waals surface area contributed by atoms with Crippen molar-refractivity contribution in [1.29, 1.82) is 0 Å². The molecule has 27 heavy (non-hydrogen) atoms. The molecule has 0 N–H and O–H groups in total. The van der Waals surface area contributed by atoms with Crippen LogP contribution in [-0.2, 0) is 14.3 Å². The number of benzene rings is 1. The molecule has 1 amide bonds. The molecule has 0 bridgehead atoms. The molecule has 2 atom stereocenters. The zero-order valence-electron chi connectivity index (χ0n) is 15.6. The summed E-state index contributed by atoms with van der Waals surface area (Å²) in [6.45, 7) is 6.88. The molecule has 0 fully saturated rings. The summed E-state index contributed by atoms with van der Waals surface area (Å²) in [5.74, 6) is -0.649. The largest absolute Gasteiger partial charge is 0.459 e. The molecular weight excluding hydrogens is 356 g/mol. The highest BCUT2D eigenvalue weighted by Gasteiger charge is 2.31. The van der Waals surface area contributed by atoms with Crippen LogP contribution in [0.25, 0.3) is 0 Å². The molecule has 0 aromatic heterocycles. The number of hydrogen-bond donors (Lipinski definition) is 0. The Morgan fingerprint density at radius 2 is 1.85 bits per heavy atom. The minimum atomic E-state index is -0.667. The van der Waals surface area contributed by atoms with E-state index in [4.69, 9.17) is 14.3 Å². The number of esters is 1. The van der Waals surface area contributed by atoms with Gasteiger partial charge in [0.15, 0.2) is 0 Å². The summed E-state index contributed by atoms with van der Waals surface area (Å²) in [4.78, 5) is 39.9. The Balaban J connectivity index is 1.93. The maximum absolute atomic E-state index is 12.2. The third-order valence-corrected chi connectivity index (χ3v) is 3.49. The molecule has 1 aromatic carbocycles. The molecular formula is C18H22N2O7. The highest BCUT2D eigenvalue weighted by molar-refractivity contribution is 5.89. The van der Waals surface area contributed by atoms with Crippen molar-refractivity contribution < 1.29 is 28.8 Å². The van der Waals surface area contributed by atoms with Crippen molar-refractivity contribution in [1.82, 2.24) is 5.06 Å². The molecule has 9 heteroatoms. The van der Waals surface area contributed by atoms with Gasteiger partial charge in [0.1, 0.15) is 18.3 Å². The number of carbonyl (C=O) groups excluding carboxylic acids is 2. The minimum absolute atomic E-state index is 0.118. The van der Waals surface area contributed by atoms with Crippen molar-refractivity contribution >= 4 is 17.7 Å². The number of carbonyl (C=O) groups is 2. The Kier molecular flexibility index (Phi) is 6.17. The Morgan fingerprint density at radius 1 is 1.22 bits per heavy atom. The number of non-ortho nitro benzene ring substituents is 1. The van der Waals surface area contributed by atoms with Gasteiger partial charge in [0, 0.05) is 12.1 Å². The summed E-state index contributed by atoms with van der Waals surface area (Å²) in [5, 5.41) is 11.7. The van der Waals surface area contributed by atoms with Gasteiger partial charge >= 0.3 is 12.1 Å². The van der Waals surface area contributed by atoms with Crippen LogP contribution < -0.4 is 0 Å². The first-order valence-corrected chi connectivity index (χ1v) is 8.36. The number of rotatable bonds is 4. The lowest BCUT2D eigenvalue weighted by Crippen LogP contribution is -2.46. The Hall–Kier alpha value is -2.94. The molecule has 0 aliphatic carbocycles. The fourth-order valence-corrected chi connectivity index (χ4v) is 2.20. The van der Waals surface area contributed by atoms with E-state index < -0.39 is 28.7 Å². The first-order chi connectivity index (χ1) is 12.6. The smallest absolute Gasteiger partial charge is 0.435 e. The number of hydrogen-bond acceptors (Lipinski definition) is 7. The summed E-state index contributed by atoms with van der Waals surface area (Å²) in [6, 6.07) is 4.74. The Morgan fingerprint density at radius 3 is 2.41 bits per heavy atom. The molecule has 0 radical (unpaired) electrons. The first-order valence-electron chi connectivity index (χ1n) is 8.36. The van der Waals surface area contributed by atoms with Crippen LogP contribution in [0, 0.1) is 10.1 Å². The summed E-state index contributed by atoms with van der Waals surface area (Å²) < 4.78 is 10.5. The van der Waals surface area contributed by atoms with E-state index >= 15 is 0 Å². The molecule has 2 rings (SSSR count). The number of nitro groups is 1. The summed E-state index contributed by atoms with van der Waals surface area (Å²) >= 11 is 0. The molecule has 1 aliphatic rings. The van der Waals surface area contributed by atoms with Gasteiger partial charge in [-0.2, -0.15) is 5.06 Å². The van der Waals surface area contributed by atoms with Crippen molar-refractivity contribution in [2.24, 2.45) is 0 Å². The second-order valence-corrected chi connectivity index (χ2v) is 6.98. The van der Waals surface area contributed by atoms with Crippen LogP contribution in [0.15, 0.2) is 36.4 Å². The predicted octanol–water partition coefficient (Wildman–Crippen LogP) is 3.25. The molecule has 0 spiro atoms. The molecule has 1 heterocycles. The van der Waals surface area contributed by atoms with Gasteiger partial charge in [-0.1, -0.05) is 12.2 Å². The monoisotopic (exact) mass is 378 g/mol. The van der Waals surface area contributed by atoms with Crippen LogP contribution in [0.4, 0.5) is 10.5 Å². The van der Waals surface area contributed by atoms with Crippen LogP contribution in [0.2, 0.25) is 0 Å². The van der Waals surface area contributed by atoms with E-state index in [0.717, 1.165) is 5.06 Å². The van der Waals surface area contributed by atoms with Crippen molar-refractivity contribution in [3.63, 3.8) is 0 Å². The molecule has 1 aliphatic heterocycles. The number of hydroxylamine groups is 2. The second-order valence-electron chi connectivity index (χ2n) is 6.98. The lowest BCUT2D eigenvalue weighted by atomic mass is 10.2. The van der Waals surface area contributed by atoms with E-state index in [1.807, 2.05) is 0 Å². The number of nitro benzene ring substituents is 1. The predicted molar refractivity (Wildman–Crippen MR) is 94.9 cm³/mol. The third kappa shape index (κ3) is 5.78. The highest BCUT2D eigenvalue weighted by Crippen LogP contribution is 2.19. The highest BCUT2D eigenvalue weighted by atomic mass is 16.7. The fraction of sp³-hybridized carbons (Fsp3) is 0.444. The average Bonchev–Trinajstić information content (AvgIpc) is 2.59. The average molecular weight is 378 g/mol. The Bertz CT molecular complexity index is 737. The summed E-state index contributed by atoms with van der Waals surface area (Å²) in [5.41, 5.74) is -0.607. The lowest BCUT2D eigenvalue weighted by Gasteiger charge is -2.34. The summed E-state index contributed by atoms with van der Waals surface area (Å²) in [6.07, 6.45) is 2.15. The van der Waals surface area contributed by atoms with E-state index in [9.17, 15) is 19.7 Å². The normalized spacial score (nSPS) is 19.5. The van der Waals surface area contributed by atoms with Crippen molar-refractivity contribution in [3.8, 4) is 0 Å². The van der Waals surface area contributed by atoms with Gasteiger partial charge in [-0.25, -0.2) is 9.59 Å². The Labute approximate surface area is 156 Å². The van der Waals surface area contributed by atoms with Crippen LogP contribution in [-0.4, -0.2) is 46.4 Å². The van der Waals surface area contributed by atoms with E-state index in [1.165, 1.54) is 24.3 Å². The SMILES string of the molecule is C[C@@H]1C=C[C@H](COC(=O)c2ccc([N+](=O)[O-])cc2)ON1C(=O)OC(C)(C)C. The number of ether oxygens (including phenoxy) is 2. The standard InChI is InChI=1S/C18H22N2O7/c1-12-5-10-15(27-19(12)17(22)26-18(2,3)4)11-25-16(21)13-6-8-14(9-7-13)20(23)24/h5-10,12,15H,11H2,1-4H3/t12-,15-/m1/s1. The van der Waals surface area contributed by atoms with E-state index in [1.54, 1.807) is 39.8 Å². The van der Waals surface area contributed by atoms with Crippen LogP contribution in [0.3, 0.4) is 0 Å². The van der Waals surface area contributed by atoms with Gasteiger partial charge in [0.25, 0.3) is 5.69 Å². The number of nitrogens with zero attached hydrogens (tertiary/aromatic N) is 2. The zero-order valence-corrected chi connectivity index (χ0v) is 15.6. The molecule has 0 saturated carbocycles. The maximum atomic E-state index is 12.2. The summed E-state index contributed by atoms with van der Waals surface area (Å²) in [7, 11) is 0. The van der Waals surface area contributed by atoms with Crippen molar-refractivity contribution in [2.75, 3.05) is 6.61 Å². The van der Waals surface area contributed by atoms with Crippen molar-refractivity contribution in [3.05, 3.63) is 52.1 Å². The van der Waals surface area contributed by atoms with Gasteiger partial charge in [-0.3, -0.25) is 15.0 Å². The van der Waals surface area contributed by atoms with Gasteiger partial charge < -0.3 is 9.47 Å². The maximum Gasteiger partial charge on any atom is 0.435 e. The number of amides is 1. The first kappa shape index (κ1) is 20.4. The molecule has 9 nitrogen and oxygen atoms in total. The van der Waals surface area contributed by atoms with Gasteiger partial charge in [0.05, 0.1) is 16.5 Å². The molecule has 0 unspecified atom stereocenters. The fourth-order valence-electron chi connectivity index (χ4n) is 2.20. The third-order valence-electron chi connectivity index (χ3n) is 3.49. The topological polar surface area (TPSA) is 108 Å². The quantitative estimate of drug-likeness (QED) is 0.342. The van der Waals surface area contributed by atoms with Crippen LogP contribution in [0.1, 0.15) is 38.1 Å². The van der Waals surface area contributed by atoms with E-state index in [2.05, 4.69) is 0 Å². The van der Waals surface area contributed by atoms with Gasteiger partial charge in [0.2, 0.25) is 0 Å². The molecule has 0 saturated heterocycles. The van der Waals surface area contributed by atoms with E-state index in [0.29, 0.717) is 0 Å². The minimum Gasteiger partial charge on any atom is -0.459 e. The molecule has 1 aromatic rings. The zero-order chi connectivity index (χ0) is 20.2. The van der Waals surface area contributed by atoms with Crippen molar-refractivity contribution in [2.45, 2.75) is 45.4 Å². The van der Waals surface area contributed by atoms with Crippen LogP contribution >= 0.6 is 0 Å². The van der Waals surface area contributed by atoms with Gasteiger partial charge in [-0.15, -0.1) is 0 Å². The van der Waals surface area contributed by atoms with Crippen LogP contribution in [0.5, 0.6) is 0 Å². The molecule has 146 valence electrons.